The summed E-state index contributed by atoms with van der Waals surface area (Å²) in [4.78, 5) is 30.7. The van der Waals surface area contributed by atoms with Crippen LogP contribution in [0.2, 0.25) is 0 Å². The molecule has 30 heavy (non-hydrogen) atoms. The predicted octanol–water partition coefficient (Wildman–Crippen LogP) is 2.55. The molecule has 2 atom stereocenters. The molecule has 0 unspecified atom stereocenters. The third-order valence-electron chi connectivity index (χ3n) is 5.82. The van der Waals surface area contributed by atoms with Gasteiger partial charge in [0, 0.05) is 55.0 Å². The first kappa shape index (κ1) is 23.0. The van der Waals surface area contributed by atoms with E-state index in [2.05, 4.69) is 20.2 Å². The van der Waals surface area contributed by atoms with Crippen LogP contribution in [0.3, 0.4) is 0 Å². The van der Waals surface area contributed by atoms with E-state index in [9.17, 15) is 18.0 Å². The zero-order valence-electron chi connectivity index (χ0n) is 16.8. The molecule has 0 aromatic carbocycles. The van der Waals surface area contributed by atoms with Crippen LogP contribution in [0, 0.1) is 18.3 Å². The average Bonchev–Trinajstić information content (AvgIpc) is 3.40. The Morgan fingerprint density at radius 1 is 1.37 bits per heavy atom. The summed E-state index contributed by atoms with van der Waals surface area (Å²) in [5.74, 6) is -1.92. The summed E-state index contributed by atoms with van der Waals surface area (Å²) < 4.78 is 37.5. The number of thiazole rings is 1. The van der Waals surface area contributed by atoms with E-state index in [-0.39, 0.29) is 5.41 Å². The molecule has 1 N–H and O–H groups in total. The number of aliphatic carboxylic acids is 1. The van der Waals surface area contributed by atoms with Crippen molar-refractivity contribution in [1.82, 2.24) is 14.8 Å². The van der Waals surface area contributed by atoms with Gasteiger partial charge in [-0.2, -0.15) is 13.2 Å². The number of carbonyl (C=O) groups excluding carboxylic acids is 1. The summed E-state index contributed by atoms with van der Waals surface area (Å²) in [7, 11) is 0. The summed E-state index contributed by atoms with van der Waals surface area (Å²) in [6.07, 6.45) is -2.10. The van der Waals surface area contributed by atoms with Crippen LogP contribution in [0.5, 0.6) is 0 Å². The van der Waals surface area contributed by atoms with Crippen LogP contribution < -0.4 is 0 Å². The van der Waals surface area contributed by atoms with Gasteiger partial charge in [-0.3, -0.25) is 9.69 Å². The maximum absolute atomic E-state index is 12.6. The number of fused-ring (bicyclic) bond motifs is 1. The molecule has 0 spiro atoms. The number of ether oxygens (including phenoxy) is 1. The van der Waals surface area contributed by atoms with Gasteiger partial charge in [-0.1, -0.05) is 0 Å². The van der Waals surface area contributed by atoms with Crippen molar-refractivity contribution in [2.75, 3.05) is 39.4 Å². The second kappa shape index (κ2) is 9.19. The lowest BCUT2D eigenvalue weighted by Crippen LogP contribution is -2.38. The number of carboxylic acids is 1. The van der Waals surface area contributed by atoms with E-state index in [0.717, 1.165) is 64.5 Å². The van der Waals surface area contributed by atoms with Gasteiger partial charge in [0.1, 0.15) is 5.01 Å². The van der Waals surface area contributed by atoms with Crippen LogP contribution in [0.15, 0.2) is 5.38 Å². The number of carbonyl (C=O) groups is 2. The number of carboxylic acid groups (broad SMARTS) is 1. The van der Waals surface area contributed by atoms with Gasteiger partial charge in [-0.05, 0) is 19.8 Å². The molecule has 3 aliphatic heterocycles. The van der Waals surface area contributed by atoms with E-state index in [4.69, 9.17) is 14.6 Å². The van der Waals surface area contributed by atoms with Crippen molar-refractivity contribution in [3.63, 3.8) is 0 Å². The molecule has 0 aliphatic carbocycles. The minimum absolute atomic E-state index is 0.0337. The minimum atomic E-state index is -5.08. The highest BCUT2D eigenvalue weighted by molar-refractivity contribution is 7.09. The Balaban J connectivity index is 0.000000318. The second-order valence-corrected chi connectivity index (χ2v) is 9.14. The minimum Gasteiger partial charge on any atom is -0.475 e. The average molecular weight is 449 g/mol. The lowest BCUT2D eigenvalue weighted by atomic mass is 9.78. The van der Waals surface area contributed by atoms with Gasteiger partial charge in [-0.25, -0.2) is 9.78 Å². The summed E-state index contributed by atoms with van der Waals surface area (Å²) in [6, 6.07) is 0. The number of likely N-dealkylation sites (tertiary alicyclic amines) is 2. The fourth-order valence-corrected chi connectivity index (χ4v) is 5.17. The van der Waals surface area contributed by atoms with Crippen molar-refractivity contribution in [1.29, 1.82) is 0 Å². The fourth-order valence-electron chi connectivity index (χ4n) is 4.36. The first-order chi connectivity index (χ1) is 14.1. The Hall–Kier alpha value is -1.72. The van der Waals surface area contributed by atoms with Gasteiger partial charge in [0.15, 0.2) is 0 Å². The third kappa shape index (κ3) is 5.50. The number of hydrogen-bond acceptors (Lipinski definition) is 6. The van der Waals surface area contributed by atoms with Gasteiger partial charge in [0.25, 0.3) is 0 Å². The normalized spacial score (nSPS) is 26.4. The zero-order valence-corrected chi connectivity index (χ0v) is 17.6. The van der Waals surface area contributed by atoms with Crippen molar-refractivity contribution in [2.24, 2.45) is 11.3 Å². The first-order valence-corrected chi connectivity index (χ1v) is 10.8. The largest absolute Gasteiger partial charge is 0.490 e. The van der Waals surface area contributed by atoms with Gasteiger partial charge in [-0.15, -0.1) is 11.3 Å². The number of hydrogen-bond donors (Lipinski definition) is 1. The fraction of sp³-hybridized carbons (Fsp3) is 0.737. The highest BCUT2D eigenvalue weighted by atomic mass is 32.1. The molecule has 11 heteroatoms. The summed E-state index contributed by atoms with van der Waals surface area (Å²) in [5.41, 5.74) is 1.14. The smallest absolute Gasteiger partial charge is 0.475 e. The van der Waals surface area contributed by atoms with Crippen molar-refractivity contribution in [3.8, 4) is 0 Å². The maximum Gasteiger partial charge on any atom is 0.490 e. The molecule has 4 heterocycles. The Bertz CT molecular complexity index is 766. The number of amides is 1. The number of aromatic nitrogens is 1. The molecule has 3 fully saturated rings. The Morgan fingerprint density at radius 2 is 2.03 bits per heavy atom. The molecule has 7 nitrogen and oxygen atoms in total. The van der Waals surface area contributed by atoms with E-state index in [1.54, 1.807) is 11.3 Å². The van der Waals surface area contributed by atoms with Crippen molar-refractivity contribution >= 4 is 23.2 Å². The van der Waals surface area contributed by atoms with Gasteiger partial charge in [0.2, 0.25) is 5.91 Å². The van der Waals surface area contributed by atoms with Crippen LogP contribution in [-0.2, 0) is 20.9 Å². The SMILES string of the molecule is Cc1csc(CN2C[C@@H]3COC[C@]3(CC(=O)N3CCCC3)C2)n1.O=C(O)C(F)(F)F. The first-order valence-electron chi connectivity index (χ1n) is 9.88. The molecule has 3 aliphatic rings. The Labute approximate surface area is 176 Å². The quantitative estimate of drug-likeness (QED) is 0.761. The second-order valence-electron chi connectivity index (χ2n) is 8.19. The topological polar surface area (TPSA) is 83.0 Å². The number of nitrogens with zero attached hydrogens (tertiary/aromatic N) is 3. The van der Waals surface area contributed by atoms with Gasteiger partial charge < -0.3 is 14.7 Å². The lowest BCUT2D eigenvalue weighted by Gasteiger charge is -2.29. The standard InChI is InChI=1S/C17H25N3O2S.C2HF3O2/c1-13-10-23-15(18-13)8-19-7-14-9-22-12-17(14,11-19)6-16(21)20-4-2-3-5-20;3-2(4,5)1(6)7/h10,14H,2-9,11-12H2,1H3;(H,6,7)/t14-,17+;/m1./s1. The molecule has 0 saturated carbocycles. The molecule has 1 aromatic heterocycles. The third-order valence-corrected chi connectivity index (χ3v) is 6.77. The monoisotopic (exact) mass is 449 g/mol. The van der Waals surface area contributed by atoms with Crippen LogP contribution >= 0.6 is 11.3 Å². The number of rotatable bonds is 4. The molecular formula is C19H26F3N3O4S. The molecule has 1 aromatic rings. The summed E-state index contributed by atoms with van der Waals surface area (Å²) in [5, 5.41) is 10.4. The van der Waals surface area contributed by atoms with Crippen LogP contribution in [-0.4, -0.2) is 77.3 Å². The van der Waals surface area contributed by atoms with E-state index >= 15 is 0 Å². The molecule has 0 bridgehead atoms. The Morgan fingerprint density at radius 3 is 2.60 bits per heavy atom. The number of halogens is 3. The van der Waals surface area contributed by atoms with Crippen LogP contribution in [0.4, 0.5) is 13.2 Å². The maximum atomic E-state index is 12.6. The van der Waals surface area contributed by atoms with Crippen molar-refractivity contribution in [3.05, 3.63) is 16.1 Å². The van der Waals surface area contributed by atoms with Gasteiger partial charge in [0.05, 0.1) is 19.8 Å². The zero-order chi connectivity index (χ0) is 21.9. The van der Waals surface area contributed by atoms with Gasteiger partial charge >= 0.3 is 12.1 Å². The van der Waals surface area contributed by atoms with Crippen LogP contribution in [0.1, 0.15) is 30.0 Å². The summed E-state index contributed by atoms with van der Waals surface area (Å²) >= 11 is 1.74. The number of aryl methyl sites for hydroxylation is 1. The Kier molecular flexibility index (Phi) is 7.03. The van der Waals surface area contributed by atoms with E-state index < -0.39 is 12.1 Å². The van der Waals surface area contributed by atoms with E-state index in [0.29, 0.717) is 18.2 Å². The van der Waals surface area contributed by atoms with Crippen molar-refractivity contribution < 1.29 is 32.6 Å². The molecule has 0 radical (unpaired) electrons. The molecular weight excluding hydrogens is 423 g/mol. The molecule has 3 saturated heterocycles. The summed E-state index contributed by atoms with van der Waals surface area (Å²) in [6.45, 7) is 8.40. The van der Waals surface area contributed by atoms with Crippen molar-refractivity contribution in [2.45, 2.75) is 38.9 Å². The van der Waals surface area contributed by atoms with E-state index in [1.165, 1.54) is 5.01 Å². The molecule has 1 amide bonds. The van der Waals surface area contributed by atoms with E-state index in [1.807, 2.05) is 6.92 Å². The molecule has 4 rings (SSSR count). The highest BCUT2D eigenvalue weighted by Gasteiger charge is 2.52. The predicted molar refractivity (Wildman–Crippen MR) is 103 cm³/mol. The lowest BCUT2D eigenvalue weighted by molar-refractivity contribution is -0.192. The van der Waals surface area contributed by atoms with Crippen LogP contribution in [0.25, 0.3) is 0 Å². The highest BCUT2D eigenvalue weighted by Crippen LogP contribution is 2.45. The number of alkyl halides is 3. The molecule has 168 valence electrons.